The Morgan fingerprint density at radius 3 is 2.50 bits per heavy atom. The Labute approximate surface area is 223 Å². The number of anilines is 1. The van der Waals surface area contributed by atoms with E-state index in [0.717, 1.165) is 33.2 Å². The van der Waals surface area contributed by atoms with Crippen molar-refractivity contribution >= 4 is 28.5 Å². The molecule has 0 fully saturated rings. The first-order valence-corrected chi connectivity index (χ1v) is 13.2. The zero-order valence-corrected chi connectivity index (χ0v) is 22.3. The van der Waals surface area contributed by atoms with E-state index in [1.54, 1.807) is 6.20 Å². The summed E-state index contributed by atoms with van der Waals surface area (Å²) in [5.41, 5.74) is 5.19. The number of rotatable bonds is 4. The van der Waals surface area contributed by atoms with Gasteiger partial charge in [0.2, 0.25) is 11.8 Å². The average molecular weight is 505 g/mol. The SMILES string of the molecule is CC(c1ccccc1)N(Cc1cnc2cc3c(cc2c1)CC1(C3)C(=O)Nc2ncccc21)C(=O)C(C)(C)C. The molecule has 6 nitrogen and oxygen atoms in total. The molecule has 1 N–H and O–H groups in total. The van der Waals surface area contributed by atoms with Crippen LogP contribution in [0.15, 0.2) is 73.1 Å². The van der Waals surface area contributed by atoms with Gasteiger partial charge in [-0.15, -0.1) is 0 Å². The highest BCUT2D eigenvalue weighted by Gasteiger charge is 2.51. The fourth-order valence-corrected chi connectivity index (χ4v) is 5.96. The first kappa shape index (κ1) is 24.3. The van der Waals surface area contributed by atoms with Crippen molar-refractivity contribution in [1.82, 2.24) is 14.9 Å². The molecule has 2 amide bonds. The van der Waals surface area contributed by atoms with Crippen LogP contribution in [-0.2, 0) is 34.4 Å². The van der Waals surface area contributed by atoms with Crippen LogP contribution in [0.4, 0.5) is 5.82 Å². The van der Waals surface area contributed by atoms with Crippen molar-refractivity contribution < 1.29 is 9.59 Å². The molecule has 2 unspecified atom stereocenters. The molecule has 0 saturated carbocycles. The van der Waals surface area contributed by atoms with Crippen LogP contribution in [-0.4, -0.2) is 26.7 Å². The van der Waals surface area contributed by atoms with E-state index in [1.165, 1.54) is 5.56 Å². The molecule has 2 aromatic heterocycles. The molecule has 0 saturated heterocycles. The molecule has 1 spiro atoms. The van der Waals surface area contributed by atoms with Gasteiger partial charge in [-0.2, -0.15) is 0 Å². The lowest BCUT2D eigenvalue weighted by Gasteiger charge is -2.34. The normalized spacial score (nSPS) is 18.8. The Hall–Kier alpha value is -4.06. The summed E-state index contributed by atoms with van der Waals surface area (Å²) in [6.45, 7) is 8.44. The Balaban J connectivity index is 1.33. The molecular formula is C32H32N4O2. The van der Waals surface area contributed by atoms with Crippen LogP contribution in [0.5, 0.6) is 0 Å². The lowest BCUT2D eigenvalue weighted by atomic mass is 9.79. The molecule has 1 aliphatic carbocycles. The van der Waals surface area contributed by atoms with Crippen molar-refractivity contribution in [2.75, 3.05) is 5.32 Å². The summed E-state index contributed by atoms with van der Waals surface area (Å²) in [5.74, 6) is 0.794. The van der Waals surface area contributed by atoms with E-state index >= 15 is 0 Å². The Morgan fingerprint density at radius 1 is 1.03 bits per heavy atom. The third-order valence-corrected chi connectivity index (χ3v) is 8.04. The summed E-state index contributed by atoms with van der Waals surface area (Å²) in [6, 6.07) is 20.4. The van der Waals surface area contributed by atoms with E-state index in [4.69, 9.17) is 4.98 Å². The van der Waals surface area contributed by atoms with Crippen LogP contribution < -0.4 is 5.32 Å². The summed E-state index contributed by atoms with van der Waals surface area (Å²) in [6.07, 6.45) is 4.88. The quantitative estimate of drug-likeness (QED) is 0.384. The molecule has 0 bridgehead atoms. The van der Waals surface area contributed by atoms with Crippen LogP contribution in [0.1, 0.15) is 61.6 Å². The number of aromatic nitrogens is 2. The first-order chi connectivity index (χ1) is 18.2. The minimum absolute atomic E-state index is 0.0198. The van der Waals surface area contributed by atoms with Gasteiger partial charge in [-0.05, 0) is 66.3 Å². The van der Waals surface area contributed by atoms with Crippen molar-refractivity contribution in [3.63, 3.8) is 0 Å². The van der Waals surface area contributed by atoms with Crippen LogP contribution in [0.3, 0.4) is 0 Å². The van der Waals surface area contributed by atoms with Crippen molar-refractivity contribution in [1.29, 1.82) is 0 Å². The number of benzene rings is 2. The average Bonchev–Trinajstić information content (AvgIpc) is 3.41. The van der Waals surface area contributed by atoms with Gasteiger partial charge in [0.25, 0.3) is 0 Å². The summed E-state index contributed by atoms with van der Waals surface area (Å²) in [5, 5.41) is 4.01. The number of nitrogens with zero attached hydrogens (tertiary/aromatic N) is 3. The number of hydrogen-bond donors (Lipinski definition) is 1. The molecule has 1 aliphatic heterocycles. The highest BCUT2D eigenvalue weighted by atomic mass is 16.2. The number of pyridine rings is 2. The smallest absolute Gasteiger partial charge is 0.237 e. The van der Waals surface area contributed by atoms with E-state index in [9.17, 15) is 9.59 Å². The van der Waals surface area contributed by atoms with Gasteiger partial charge in [0, 0.05) is 35.3 Å². The molecule has 2 aromatic carbocycles. The zero-order chi connectivity index (χ0) is 26.7. The molecule has 6 heteroatoms. The van der Waals surface area contributed by atoms with E-state index in [2.05, 4.69) is 47.6 Å². The van der Waals surface area contributed by atoms with Crippen molar-refractivity contribution in [3.05, 3.63) is 101 Å². The maximum Gasteiger partial charge on any atom is 0.237 e. The standard InChI is InChI=1S/C32H32N4O2/c1-20(22-9-6-5-7-10-22)36(30(38)31(2,3)4)19-21-13-23-14-24-16-32(17-25(24)15-27(23)34-18-21)26-11-8-12-33-28(26)35-29(32)37/h5-15,18,20H,16-17,19H2,1-4H3,(H,33,35,37). The summed E-state index contributed by atoms with van der Waals surface area (Å²) in [4.78, 5) is 37.8. The van der Waals surface area contributed by atoms with Crippen LogP contribution in [0.25, 0.3) is 10.9 Å². The minimum Gasteiger partial charge on any atom is -0.331 e. The van der Waals surface area contributed by atoms with E-state index in [-0.39, 0.29) is 17.9 Å². The number of carbonyl (C=O) groups excluding carboxylic acids is 2. The fourth-order valence-electron chi connectivity index (χ4n) is 5.96. The van der Waals surface area contributed by atoms with Crippen LogP contribution >= 0.6 is 0 Å². The fraction of sp³-hybridized carbons (Fsp3) is 0.312. The largest absolute Gasteiger partial charge is 0.331 e. The van der Waals surface area contributed by atoms with Crippen LogP contribution in [0.2, 0.25) is 0 Å². The van der Waals surface area contributed by atoms with Crippen molar-refractivity contribution in [2.24, 2.45) is 5.41 Å². The minimum atomic E-state index is -0.604. The van der Waals surface area contributed by atoms with E-state index in [1.807, 2.05) is 62.2 Å². The van der Waals surface area contributed by atoms with Gasteiger partial charge in [0.1, 0.15) is 5.82 Å². The first-order valence-electron chi connectivity index (χ1n) is 13.2. The molecule has 0 radical (unpaired) electrons. The van der Waals surface area contributed by atoms with E-state index in [0.29, 0.717) is 25.2 Å². The zero-order valence-electron chi connectivity index (χ0n) is 22.3. The predicted octanol–water partition coefficient (Wildman–Crippen LogP) is 5.75. The Bertz CT molecular complexity index is 1570. The molecule has 2 aliphatic rings. The summed E-state index contributed by atoms with van der Waals surface area (Å²) >= 11 is 0. The number of carbonyl (C=O) groups is 2. The van der Waals surface area contributed by atoms with Gasteiger partial charge >= 0.3 is 0 Å². The number of nitrogens with one attached hydrogen (secondary N) is 1. The molecule has 4 aromatic rings. The number of hydrogen-bond acceptors (Lipinski definition) is 4. The van der Waals surface area contributed by atoms with Gasteiger partial charge in [-0.3, -0.25) is 14.6 Å². The van der Waals surface area contributed by atoms with Gasteiger partial charge in [-0.25, -0.2) is 4.98 Å². The molecular weight excluding hydrogens is 472 g/mol. The second kappa shape index (κ2) is 8.76. The van der Waals surface area contributed by atoms with Gasteiger partial charge < -0.3 is 10.2 Å². The predicted molar refractivity (Wildman–Crippen MR) is 149 cm³/mol. The van der Waals surface area contributed by atoms with Crippen molar-refractivity contribution in [3.8, 4) is 0 Å². The maximum atomic E-state index is 13.5. The Kier molecular flexibility index (Phi) is 5.60. The third kappa shape index (κ3) is 3.95. The lowest BCUT2D eigenvalue weighted by molar-refractivity contribution is -0.142. The molecule has 6 rings (SSSR count). The second-order valence-corrected chi connectivity index (χ2v) is 11.7. The highest BCUT2D eigenvalue weighted by Crippen LogP contribution is 2.47. The highest BCUT2D eigenvalue weighted by molar-refractivity contribution is 6.06. The summed E-state index contributed by atoms with van der Waals surface area (Å²) in [7, 11) is 0. The van der Waals surface area contributed by atoms with Crippen molar-refractivity contribution in [2.45, 2.75) is 58.5 Å². The molecule has 38 heavy (non-hydrogen) atoms. The molecule has 192 valence electrons. The lowest BCUT2D eigenvalue weighted by Crippen LogP contribution is -2.40. The van der Waals surface area contributed by atoms with E-state index < -0.39 is 10.8 Å². The van der Waals surface area contributed by atoms with Crippen LogP contribution in [0, 0.1) is 5.41 Å². The maximum absolute atomic E-state index is 13.5. The third-order valence-electron chi connectivity index (χ3n) is 8.04. The summed E-state index contributed by atoms with van der Waals surface area (Å²) < 4.78 is 0. The number of amides is 2. The molecule has 3 heterocycles. The molecule has 2 atom stereocenters. The van der Waals surface area contributed by atoms with Gasteiger partial charge in [-0.1, -0.05) is 57.2 Å². The van der Waals surface area contributed by atoms with Gasteiger partial charge in [0.15, 0.2) is 0 Å². The Morgan fingerprint density at radius 2 is 1.76 bits per heavy atom. The second-order valence-electron chi connectivity index (χ2n) is 11.7. The topological polar surface area (TPSA) is 75.2 Å². The van der Waals surface area contributed by atoms with Gasteiger partial charge in [0.05, 0.1) is 17.0 Å². The number of fused-ring (bicyclic) bond motifs is 4. The monoisotopic (exact) mass is 504 g/mol.